The minimum Gasteiger partial charge on any atom is -0.481 e. The van der Waals surface area contributed by atoms with E-state index in [1.807, 2.05) is 0 Å². The maximum Gasteiger partial charge on any atom is 0.306 e. The second-order valence-corrected chi connectivity index (χ2v) is 5.61. The second kappa shape index (κ2) is 6.77. The predicted molar refractivity (Wildman–Crippen MR) is 71.7 cm³/mol. The van der Waals surface area contributed by atoms with E-state index < -0.39 is 5.97 Å². The highest BCUT2D eigenvalue weighted by molar-refractivity contribution is 7.10. The average molecular weight is 255 g/mol. The molecule has 0 amide bonds. The van der Waals surface area contributed by atoms with Crippen LogP contribution in [-0.4, -0.2) is 36.1 Å². The lowest BCUT2D eigenvalue weighted by atomic mass is 10.1. The Bertz CT molecular complexity index is 362. The van der Waals surface area contributed by atoms with Crippen molar-refractivity contribution in [3.05, 3.63) is 21.9 Å². The number of hydrogen-bond donors (Lipinski definition) is 1. The van der Waals surface area contributed by atoms with Crippen LogP contribution < -0.4 is 0 Å². The molecule has 1 aromatic rings. The van der Waals surface area contributed by atoms with Gasteiger partial charge >= 0.3 is 5.97 Å². The van der Waals surface area contributed by atoms with Gasteiger partial charge in [-0.3, -0.25) is 4.79 Å². The Balaban J connectivity index is 2.24. The molecule has 0 radical (unpaired) electrons. The van der Waals surface area contributed by atoms with Crippen LogP contribution in [0.15, 0.2) is 11.4 Å². The zero-order valence-corrected chi connectivity index (χ0v) is 11.6. The van der Waals surface area contributed by atoms with Crippen molar-refractivity contribution < 1.29 is 9.90 Å². The minimum absolute atomic E-state index is 0.249. The van der Waals surface area contributed by atoms with Crippen LogP contribution in [0.3, 0.4) is 0 Å². The summed E-state index contributed by atoms with van der Waals surface area (Å²) in [6.07, 6.45) is 1.77. The number of aliphatic carboxylic acids is 1. The fraction of sp³-hybridized carbons (Fsp3) is 0.615. The van der Waals surface area contributed by atoms with E-state index in [2.05, 4.69) is 30.3 Å². The largest absolute Gasteiger partial charge is 0.481 e. The van der Waals surface area contributed by atoms with E-state index in [4.69, 9.17) is 5.11 Å². The number of likely N-dealkylation sites (N-methyl/N-ethyl adjacent to an activating group) is 1. The van der Waals surface area contributed by atoms with Crippen LogP contribution in [-0.2, 0) is 11.2 Å². The first-order chi connectivity index (χ1) is 8.00. The summed E-state index contributed by atoms with van der Waals surface area (Å²) in [4.78, 5) is 14.3. The summed E-state index contributed by atoms with van der Waals surface area (Å²) in [5.41, 5.74) is 1.36. The highest BCUT2D eigenvalue weighted by Gasteiger charge is 2.11. The molecule has 17 heavy (non-hydrogen) atoms. The topological polar surface area (TPSA) is 40.5 Å². The number of carbonyl (C=O) groups is 1. The monoisotopic (exact) mass is 255 g/mol. The molecule has 0 aliphatic carbocycles. The van der Waals surface area contributed by atoms with Crippen molar-refractivity contribution in [1.29, 1.82) is 0 Å². The molecule has 0 bridgehead atoms. The van der Waals surface area contributed by atoms with Crippen LogP contribution in [0.4, 0.5) is 0 Å². The molecule has 0 aliphatic rings. The fourth-order valence-electron chi connectivity index (χ4n) is 1.60. The van der Waals surface area contributed by atoms with Crippen molar-refractivity contribution in [2.24, 2.45) is 5.92 Å². The smallest absolute Gasteiger partial charge is 0.306 e. The Morgan fingerprint density at radius 3 is 2.76 bits per heavy atom. The summed E-state index contributed by atoms with van der Waals surface area (Å²) in [5.74, 6) is -0.951. The van der Waals surface area contributed by atoms with Crippen molar-refractivity contribution in [3.63, 3.8) is 0 Å². The second-order valence-electron chi connectivity index (χ2n) is 4.61. The maximum atomic E-state index is 10.7. The maximum absolute atomic E-state index is 10.7. The fourth-order valence-corrected chi connectivity index (χ4v) is 2.50. The first kappa shape index (κ1) is 14.2. The van der Waals surface area contributed by atoms with Crippen molar-refractivity contribution in [2.45, 2.75) is 26.7 Å². The average Bonchev–Trinajstić information content (AvgIpc) is 2.68. The van der Waals surface area contributed by atoms with E-state index in [1.54, 1.807) is 18.3 Å². The van der Waals surface area contributed by atoms with Gasteiger partial charge in [0.05, 0.1) is 5.92 Å². The molecular formula is C13H21NO2S. The molecule has 1 heterocycles. The van der Waals surface area contributed by atoms with E-state index in [9.17, 15) is 4.79 Å². The van der Waals surface area contributed by atoms with Crippen molar-refractivity contribution in [1.82, 2.24) is 4.90 Å². The van der Waals surface area contributed by atoms with Gasteiger partial charge in [0.1, 0.15) is 0 Å². The molecule has 0 aliphatic heterocycles. The van der Waals surface area contributed by atoms with Gasteiger partial charge in [-0.05, 0) is 50.4 Å². The third-order valence-electron chi connectivity index (χ3n) is 3.05. The molecular weight excluding hydrogens is 234 g/mol. The lowest BCUT2D eigenvalue weighted by molar-refractivity contribution is -0.141. The molecule has 1 unspecified atom stereocenters. The summed E-state index contributed by atoms with van der Waals surface area (Å²) in [6.45, 7) is 5.74. The Morgan fingerprint density at radius 1 is 1.53 bits per heavy atom. The molecule has 1 N–H and O–H groups in total. The summed E-state index contributed by atoms with van der Waals surface area (Å²) in [5, 5.41) is 10.9. The Kier molecular flexibility index (Phi) is 5.65. The van der Waals surface area contributed by atoms with Crippen molar-refractivity contribution in [3.8, 4) is 0 Å². The summed E-state index contributed by atoms with van der Waals surface area (Å²) >= 11 is 1.80. The molecule has 0 aromatic carbocycles. The molecule has 96 valence electrons. The Labute approximate surface area is 107 Å². The van der Waals surface area contributed by atoms with E-state index >= 15 is 0 Å². The van der Waals surface area contributed by atoms with Crippen LogP contribution in [0, 0.1) is 12.8 Å². The van der Waals surface area contributed by atoms with Crippen LogP contribution >= 0.6 is 11.3 Å². The van der Waals surface area contributed by atoms with Crippen LogP contribution in [0.25, 0.3) is 0 Å². The quantitative estimate of drug-likeness (QED) is 0.814. The van der Waals surface area contributed by atoms with Gasteiger partial charge in [0.15, 0.2) is 0 Å². The van der Waals surface area contributed by atoms with Gasteiger partial charge in [-0.1, -0.05) is 6.92 Å². The lowest BCUT2D eigenvalue weighted by Crippen LogP contribution is -2.25. The van der Waals surface area contributed by atoms with Crippen LogP contribution in [0.1, 0.15) is 23.8 Å². The SMILES string of the molecule is Cc1ccsc1CCN(C)CCC(C)C(=O)O. The third kappa shape index (κ3) is 4.88. The number of rotatable bonds is 7. The van der Waals surface area contributed by atoms with Gasteiger partial charge < -0.3 is 10.0 Å². The number of hydrogen-bond acceptors (Lipinski definition) is 3. The number of aryl methyl sites for hydroxylation is 1. The molecule has 4 heteroatoms. The molecule has 1 rings (SSSR count). The van der Waals surface area contributed by atoms with E-state index in [0.717, 1.165) is 25.9 Å². The van der Waals surface area contributed by atoms with E-state index in [1.165, 1.54) is 10.4 Å². The Hall–Kier alpha value is -0.870. The lowest BCUT2D eigenvalue weighted by Gasteiger charge is -2.17. The zero-order valence-electron chi connectivity index (χ0n) is 10.8. The summed E-state index contributed by atoms with van der Waals surface area (Å²) < 4.78 is 0. The minimum atomic E-state index is -0.701. The number of carboxylic acids is 1. The summed E-state index contributed by atoms with van der Waals surface area (Å²) in [6, 6.07) is 2.15. The highest BCUT2D eigenvalue weighted by atomic mass is 32.1. The van der Waals surface area contributed by atoms with Gasteiger partial charge in [0.2, 0.25) is 0 Å². The van der Waals surface area contributed by atoms with E-state index in [-0.39, 0.29) is 5.92 Å². The van der Waals surface area contributed by atoms with Crippen LogP contribution in [0.5, 0.6) is 0 Å². The van der Waals surface area contributed by atoms with Crippen LogP contribution in [0.2, 0.25) is 0 Å². The van der Waals surface area contributed by atoms with Gasteiger partial charge in [-0.25, -0.2) is 0 Å². The van der Waals surface area contributed by atoms with Crippen molar-refractivity contribution >= 4 is 17.3 Å². The number of thiophene rings is 1. The van der Waals surface area contributed by atoms with Gasteiger partial charge in [-0.2, -0.15) is 0 Å². The first-order valence-electron chi connectivity index (χ1n) is 5.95. The van der Waals surface area contributed by atoms with Crippen molar-refractivity contribution in [2.75, 3.05) is 20.1 Å². The number of carboxylic acid groups (broad SMARTS) is 1. The highest BCUT2D eigenvalue weighted by Crippen LogP contribution is 2.16. The zero-order chi connectivity index (χ0) is 12.8. The standard InChI is InChI=1S/C13H21NO2S/c1-10-6-9-17-12(10)5-8-14(3)7-4-11(2)13(15)16/h6,9,11H,4-5,7-8H2,1-3H3,(H,15,16). The normalized spacial score (nSPS) is 12.9. The molecule has 0 fully saturated rings. The molecule has 0 saturated carbocycles. The van der Waals surface area contributed by atoms with Gasteiger partial charge in [0.25, 0.3) is 0 Å². The van der Waals surface area contributed by atoms with Gasteiger partial charge in [0, 0.05) is 11.4 Å². The third-order valence-corrected chi connectivity index (χ3v) is 4.14. The predicted octanol–water partition coefficient (Wildman–Crippen LogP) is 2.64. The molecule has 0 spiro atoms. The van der Waals surface area contributed by atoms with E-state index in [0.29, 0.717) is 0 Å². The number of nitrogens with zero attached hydrogens (tertiary/aromatic N) is 1. The molecule has 0 saturated heterocycles. The van der Waals surface area contributed by atoms with Gasteiger partial charge in [-0.15, -0.1) is 11.3 Å². The molecule has 1 atom stereocenters. The summed E-state index contributed by atoms with van der Waals surface area (Å²) in [7, 11) is 2.05. The molecule has 3 nitrogen and oxygen atoms in total. The molecule has 1 aromatic heterocycles. The first-order valence-corrected chi connectivity index (χ1v) is 6.83. The Morgan fingerprint density at radius 2 is 2.24 bits per heavy atom.